The number of alkyl halides is 1. The van der Waals surface area contributed by atoms with E-state index in [9.17, 15) is 19.1 Å². The minimum atomic E-state index is -1.10. The van der Waals surface area contributed by atoms with E-state index in [1.54, 1.807) is 0 Å². The van der Waals surface area contributed by atoms with Gasteiger partial charge in [0.1, 0.15) is 13.3 Å². The van der Waals surface area contributed by atoms with Gasteiger partial charge in [0.15, 0.2) is 0 Å². The van der Waals surface area contributed by atoms with Crippen LogP contribution in [-0.2, 0) is 20.9 Å². The molecule has 4 fully saturated rings. The van der Waals surface area contributed by atoms with Gasteiger partial charge in [0.05, 0.1) is 12.0 Å². The van der Waals surface area contributed by atoms with Crippen LogP contribution in [-0.4, -0.2) is 35.8 Å². The summed E-state index contributed by atoms with van der Waals surface area (Å²) in [5.74, 6) is 1.45. The van der Waals surface area contributed by atoms with Crippen molar-refractivity contribution in [3.05, 3.63) is 71.3 Å². The summed E-state index contributed by atoms with van der Waals surface area (Å²) in [6.07, 6.45) is 17.9. The average Bonchev–Trinajstić information content (AvgIpc) is 3.46. The van der Waals surface area contributed by atoms with Gasteiger partial charge in [0.2, 0.25) is 0 Å². The molecule has 2 N–H and O–H groups in total. The summed E-state index contributed by atoms with van der Waals surface area (Å²) in [5.41, 5.74) is 4.13. The molecule has 6 heteroatoms. The van der Waals surface area contributed by atoms with Crippen molar-refractivity contribution < 1.29 is 23.8 Å². The van der Waals surface area contributed by atoms with Gasteiger partial charge in [-0.2, -0.15) is 0 Å². The van der Waals surface area contributed by atoms with Crippen LogP contribution in [0.2, 0.25) is 0 Å². The fourth-order valence-electron chi connectivity index (χ4n) is 14.4. The molecule has 0 heterocycles. The van der Waals surface area contributed by atoms with Gasteiger partial charge in [-0.25, -0.2) is 4.39 Å². The molecule has 7 rings (SSSR count). The molecule has 0 saturated heterocycles. The van der Waals surface area contributed by atoms with E-state index >= 15 is 0 Å². The van der Waals surface area contributed by atoms with Crippen LogP contribution in [0.25, 0.3) is 0 Å². The van der Waals surface area contributed by atoms with Crippen LogP contribution >= 0.6 is 0 Å². The molecule has 1 aromatic rings. The summed E-state index contributed by atoms with van der Waals surface area (Å²) in [7, 11) is 0. The SMILES string of the molecule is C=C(C)[C@@H]1CC[C@]2(NCC(=O)O)CC[C@@]3(C)[C@H]4CCC[C@H]5C(C)(C)C(C6=CC[C@](CF)(C(=O)OCc7ccccc7)CC6)=CC[C@]5(C)[C@H]4CC[C@]3(C)[C@@H]12. The van der Waals surface area contributed by atoms with Crippen LogP contribution in [0.15, 0.2) is 65.8 Å². The largest absolute Gasteiger partial charge is 0.480 e. The van der Waals surface area contributed by atoms with Gasteiger partial charge in [-0.15, -0.1) is 0 Å². The highest BCUT2D eigenvalue weighted by Gasteiger charge is 2.70. The number of ether oxygens (including phenoxy) is 1. The average molecular weight is 728 g/mol. The number of hydrogen-bond acceptors (Lipinski definition) is 4. The maximum atomic E-state index is 14.7. The summed E-state index contributed by atoms with van der Waals surface area (Å²) in [6.45, 7) is 19.1. The van der Waals surface area contributed by atoms with Gasteiger partial charge < -0.3 is 15.2 Å². The van der Waals surface area contributed by atoms with Gasteiger partial charge in [0, 0.05) is 5.54 Å². The Morgan fingerprint density at radius 2 is 1.66 bits per heavy atom. The standard InChI is InChI=1S/C47H66FNO4/c1-31(2)34-18-25-47(49-28-39(50)51)27-26-44(6)37-14-11-15-38-42(3,4)35(19-21-43(38,5)36(37)20-22-45(44,7)40(34)47)33-16-23-46(30-48,24-17-33)41(52)53-29-32-12-9-8-10-13-32/h8-10,12-13,16,19,34,36-38,40,49H,1,11,14-15,17-18,20-30H2,2-7H3,(H,50,51)/t34-,36-,37-,38-,40+,43+,44-,45+,46-,47-/m0/s1. The zero-order valence-electron chi connectivity index (χ0n) is 33.5. The molecule has 0 aliphatic heterocycles. The van der Waals surface area contributed by atoms with Crippen molar-refractivity contribution in [1.29, 1.82) is 0 Å². The first-order chi connectivity index (χ1) is 25.1. The number of allylic oxidation sites excluding steroid dienone is 5. The fraction of sp³-hybridized carbons (Fsp3) is 0.702. The quantitative estimate of drug-likeness (QED) is 0.196. The second-order valence-electron chi connectivity index (χ2n) is 19.9. The number of benzene rings is 1. The number of rotatable bonds is 9. The Hall–Kier alpha value is -2.73. The summed E-state index contributed by atoms with van der Waals surface area (Å²) in [5, 5.41) is 13.4. The van der Waals surface area contributed by atoms with Crippen molar-refractivity contribution in [3.63, 3.8) is 0 Å². The highest BCUT2D eigenvalue weighted by Crippen LogP contribution is 2.75. The molecule has 5 nitrogen and oxygen atoms in total. The van der Waals surface area contributed by atoms with Crippen LogP contribution in [0.3, 0.4) is 0 Å². The summed E-state index contributed by atoms with van der Waals surface area (Å²) in [4.78, 5) is 25.2. The predicted molar refractivity (Wildman–Crippen MR) is 210 cm³/mol. The first-order valence-electron chi connectivity index (χ1n) is 20.9. The van der Waals surface area contributed by atoms with E-state index in [1.807, 2.05) is 30.3 Å². The molecule has 53 heavy (non-hydrogen) atoms. The number of carboxylic acid groups (broad SMARTS) is 1. The number of esters is 1. The number of carbonyl (C=O) groups excluding carboxylic acids is 1. The second-order valence-corrected chi connectivity index (χ2v) is 19.9. The van der Waals surface area contributed by atoms with Crippen molar-refractivity contribution in [3.8, 4) is 0 Å². The lowest BCUT2D eigenvalue weighted by Crippen LogP contribution is -2.67. The van der Waals surface area contributed by atoms with Crippen molar-refractivity contribution in [2.45, 2.75) is 137 Å². The third kappa shape index (κ3) is 6.02. The summed E-state index contributed by atoms with van der Waals surface area (Å²) < 4.78 is 20.4. The molecule has 10 atom stereocenters. The Bertz CT molecular complexity index is 1660. The van der Waals surface area contributed by atoms with Gasteiger partial charge in [-0.05, 0) is 152 Å². The van der Waals surface area contributed by atoms with Gasteiger partial charge in [-0.1, -0.05) is 95.7 Å². The first kappa shape index (κ1) is 38.5. The third-order valence-electron chi connectivity index (χ3n) is 17.3. The zero-order valence-corrected chi connectivity index (χ0v) is 33.5. The van der Waals surface area contributed by atoms with E-state index in [4.69, 9.17) is 4.74 Å². The number of halogens is 1. The lowest BCUT2D eigenvalue weighted by atomic mass is 9.36. The molecular formula is C47H66FNO4. The van der Waals surface area contributed by atoms with Crippen LogP contribution in [0.5, 0.6) is 0 Å². The number of fused-ring (bicyclic) bond motifs is 7. The smallest absolute Gasteiger partial charge is 0.317 e. The Morgan fingerprint density at radius 1 is 0.906 bits per heavy atom. The molecule has 0 bridgehead atoms. The lowest BCUT2D eigenvalue weighted by molar-refractivity contribution is -0.190. The maximum Gasteiger partial charge on any atom is 0.317 e. The number of nitrogens with one attached hydrogen (secondary N) is 1. The monoisotopic (exact) mass is 727 g/mol. The van der Waals surface area contributed by atoms with E-state index in [0.717, 1.165) is 37.7 Å². The highest BCUT2D eigenvalue weighted by atomic mass is 19.1. The van der Waals surface area contributed by atoms with E-state index in [1.165, 1.54) is 48.8 Å². The highest BCUT2D eigenvalue weighted by molar-refractivity contribution is 5.78. The maximum absolute atomic E-state index is 14.7. The molecule has 4 saturated carbocycles. The Balaban J connectivity index is 1.14. The molecule has 6 aliphatic rings. The number of hydrogen-bond donors (Lipinski definition) is 2. The minimum absolute atomic E-state index is 0.0299. The second kappa shape index (κ2) is 13.8. The Kier molecular flexibility index (Phi) is 10.0. The van der Waals surface area contributed by atoms with Gasteiger partial charge in [0.25, 0.3) is 0 Å². The van der Waals surface area contributed by atoms with E-state index in [0.29, 0.717) is 48.9 Å². The predicted octanol–water partition coefficient (Wildman–Crippen LogP) is 10.8. The Labute approximate surface area is 318 Å². The van der Waals surface area contributed by atoms with E-state index in [2.05, 4.69) is 65.6 Å². The summed E-state index contributed by atoms with van der Waals surface area (Å²) >= 11 is 0. The molecule has 290 valence electrons. The lowest BCUT2D eigenvalue weighted by Gasteiger charge is -2.69. The van der Waals surface area contributed by atoms with Crippen molar-refractivity contribution in [2.24, 2.45) is 56.7 Å². The van der Waals surface area contributed by atoms with Crippen molar-refractivity contribution in [1.82, 2.24) is 5.32 Å². The molecule has 0 amide bonds. The molecule has 0 radical (unpaired) electrons. The zero-order chi connectivity index (χ0) is 38.0. The fourth-order valence-corrected chi connectivity index (χ4v) is 14.4. The normalized spacial score (nSPS) is 41.7. The van der Waals surface area contributed by atoms with Crippen molar-refractivity contribution in [2.75, 3.05) is 13.2 Å². The van der Waals surface area contributed by atoms with Crippen LogP contribution in [0.4, 0.5) is 4.39 Å². The number of carbonyl (C=O) groups is 2. The molecule has 0 unspecified atom stereocenters. The summed E-state index contributed by atoms with van der Waals surface area (Å²) in [6, 6.07) is 9.64. The van der Waals surface area contributed by atoms with E-state index < -0.39 is 24.0 Å². The number of aliphatic carboxylic acids is 1. The molecule has 0 spiro atoms. The molecule has 6 aliphatic carbocycles. The molecular weight excluding hydrogens is 662 g/mol. The first-order valence-corrected chi connectivity index (χ1v) is 20.9. The Morgan fingerprint density at radius 3 is 2.32 bits per heavy atom. The van der Waals surface area contributed by atoms with E-state index in [-0.39, 0.29) is 40.4 Å². The molecule has 1 aromatic carbocycles. The van der Waals surface area contributed by atoms with Crippen LogP contribution in [0.1, 0.15) is 131 Å². The van der Waals surface area contributed by atoms with Crippen molar-refractivity contribution >= 4 is 11.9 Å². The van der Waals surface area contributed by atoms with Gasteiger partial charge in [-0.3, -0.25) is 9.59 Å². The number of carboxylic acids is 1. The minimum Gasteiger partial charge on any atom is -0.480 e. The van der Waals surface area contributed by atoms with Gasteiger partial charge >= 0.3 is 11.9 Å². The topological polar surface area (TPSA) is 75.6 Å². The van der Waals surface area contributed by atoms with Crippen LogP contribution < -0.4 is 5.32 Å². The van der Waals surface area contributed by atoms with Crippen LogP contribution in [0, 0.1) is 56.7 Å². The molecule has 0 aromatic heterocycles. The third-order valence-corrected chi connectivity index (χ3v) is 17.3.